The molecule has 0 radical (unpaired) electrons. The highest BCUT2D eigenvalue weighted by atomic mass is 79.9. The van der Waals surface area contributed by atoms with Crippen molar-refractivity contribution in [3.63, 3.8) is 0 Å². The molecule has 0 fully saturated rings. The minimum absolute atomic E-state index is 0.0640. The Morgan fingerprint density at radius 2 is 1.73 bits per heavy atom. The number of rotatable bonds is 5. The molecular weight excluding hydrogens is 461 g/mol. The smallest absolute Gasteiger partial charge is 0.417 e. The first-order valence-corrected chi connectivity index (χ1v) is 10.1. The molecular formula is C20H29BrFN3O5. The maximum Gasteiger partial charge on any atom is 0.417 e. The summed E-state index contributed by atoms with van der Waals surface area (Å²) in [5.74, 6) is -0.0467. The normalized spacial score (nSPS) is 11.5. The molecule has 1 rings (SSSR count). The zero-order valence-electron chi connectivity index (χ0n) is 18.1. The highest BCUT2D eigenvalue weighted by Gasteiger charge is 2.28. The molecule has 0 aliphatic carbocycles. The first-order valence-electron chi connectivity index (χ1n) is 9.28. The summed E-state index contributed by atoms with van der Waals surface area (Å²) in [6, 6.07) is 4.95. The second kappa shape index (κ2) is 10.6. The molecule has 0 saturated carbocycles. The molecule has 0 aliphatic rings. The molecule has 1 aromatic rings. The molecule has 2 amide bonds. The Bertz CT molecular complexity index is 775. The van der Waals surface area contributed by atoms with E-state index in [-0.39, 0.29) is 13.2 Å². The molecule has 0 heterocycles. The Morgan fingerprint density at radius 1 is 1.13 bits per heavy atom. The standard InChI is InChI=1S/C20H29BrFN3O5/c1-19(2,3)29-17(26)24-16(23)25(18(27)30-20(4,5)6)12-13-7-8-15(14(21)11-13)28-10-9-22/h7-8,11H,9-10,12H2,1-6H3,(H2,23,24,26). The topological polar surface area (TPSA) is 101 Å². The number of guanidine groups is 1. The van der Waals surface area contributed by atoms with Gasteiger partial charge in [-0.1, -0.05) is 6.07 Å². The lowest BCUT2D eigenvalue weighted by molar-refractivity contribution is 0.0346. The van der Waals surface area contributed by atoms with E-state index in [1.54, 1.807) is 59.7 Å². The molecule has 0 aromatic heterocycles. The maximum absolute atomic E-state index is 12.7. The van der Waals surface area contributed by atoms with Crippen LogP contribution in [0, 0.1) is 5.41 Å². The third-order valence-corrected chi connectivity index (χ3v) is 3.79. The summed E-state index contributed by atoms with van der Waals surface area (Å²) >= 11 is 3.34. The average Bonchev–Trinajstić information content (AvgIpc) is 2.55. The monoisotopic (exact) mass is 489 g/mol. The van der Waals surface area contributed by atoms with E-state index in [2.05, 4.69) is 21.2 Å². The van der Waals surface area contributed by atoms with Gasteiger partial charge in [0.15, 0.2) is 0 Å². The van der Waals surface area contributed by atoms with E-state index in [0.29, 0.717) is 15.8 Å². The lowest BCUT2D eigenvalue weighted by atomic mass is 10.2. The van der Waals surface area contributed by atoms with Gasteiger partial charge in [0.05, 0.1) is 11.0 Å². The van der Waals surface area contributed by atoms with Gasteiger partial charge in [0, 0.05) is 0 Å². The predicted octanol–water partition coefficient (Wildman–Crippen LogP) is 4.99. The fraction of sp³-hybridized carbons (Fsp3) is 0.550. The van der Waals surface area contributed by atoms with Crippen molar-refractivity contribution in [2.24, 2.45) is 0 Å². The fourth-order valence-electron chi connectivity index (χ4n) is 2.11. The summed E-state index contributed by atoms with van der Waals surface area (Å²) in [5, 5.41) is 10.4. The van der Waals surface area contributed by atoms with Gasteiger partial charge in [-0.15, -0.1) is 0 Å². The second-order valence-corrected chi connectivity index (χ2v) is 9.20. The van der Waals surface area contributed by atoms with Crippen molar-refractivity contribution < 1.29 is 28.2 Å². The van der Waals surface area contributed by atoms with Gasteiger partial charge in [0.2, 0.25) is 5.96 Å². The molecule has 2 N–H and O–H groups in total. The molecule has 0 saturated heterocycles. The minimum Gasteiger partial charge on any atom is -0.490 e. The van der Waals surface area contributed by atoms with Crippen LogP contribution in [0.3, 0.4) is 0 Å². The Balaban J connectivity index is 3.04. The molecule has 168 valence electrons. The van der Waals surface area contributed by atoms with E-state index in [1.165, 1.54) is 0 Å². The summed E-state index contributed by atoms with van der Waals surface area (Å²) in [5.41, 5.74) is -0.941. The first-order chi connectivity index (χ1) is 13.7. The third-order valence-electron chi connectivity index (χ3n) is 3.17. The molecule has 0 spiro atoms. The van der Waals surface area contributed by atoms with Crippen LogP contribution in [0.1, 0.15) is 47.1 Å². The number of benzene rings is 1. The molecule has 0 atom stereocenters. The van der Waals surface area contributed by atoms with Gasteiger partial charge in [-0.3, -0.25) is 10.7 Å². The Kier molecular flexibility index (Phi) is 9.08. The van der Waals surface area contributed by atoms with Gasteiger partial charge in [-0.05, 0) is 75.2 Å². The van der Waals surface area contributed by atoms with Gasteiger partial charge in [0.1, 0.15) is 30.2 Å². The van der Waals surface area contributed by atoms with E-state index >= 15 is 0 Å². The molecule has 10 heteroatoms. The molecule has 0 bridgehead atoms. The zero-order chi connectivity index (χ0) is 23.1. The van der Waals surface area contributed by atoms with Crippen LogP contribution in [-0.2, 0) is 16.0 Å². The number of halogens is 2. The van der Waals surface area contributed by atoms with Gasteiger partial charge < -0.3 is 14.2 Å². The summed E-state index contributed by atoms with van der Waals surface area (Å²) in [6.45, 7) is 9.39. The van der Waals surface area contributed by atoms with Crippen LogP contribution in [-0.4, -0.2) is 47.5 Å². The number of nitrogens with one attached hydrogen (secondary N) is 2. The average molecular weight is 490 g/mol. The summed E-state index contributed by atoms with van der Waals surface area (Å²) in [4.78, 5) is 25.7. The van der Waals surface area contributed by atoms with Crippen molar-refractivity contribution in [1.82, 2.24) is 10.2 Å². The third kappa shape index (κ3) is 9.43. The number of hydrogen-bond donors (Lipinski definition) is 2. The van der Waals surface area contributed by atoms with Crippen molar-refractivity contribution in [1.29, 1.82) is 5.41 Å². The minimum atomic E-state index is -0.864. The van der Waals surface area contributed by atoms with Crippen LogP contribution >= 0.6 is 15.9 Å². The number of alkyl halides is 1. The number of carbonyl (C=O) groups is 2. The number of carbonyl (C=O) groups excluding carboxylic acids is 2. The van der Waals surface area contributed by atoms with Gasteiger partial charge in [-0.2, -0.15) is 0 Å². The van der Waals surface area contributed by atoms with Crippen molar-refractivity contribution in [3.05, 3.63) is 28.2 Å². The Morgan fingerprint density at radius 3 is 2.23 bits per heavy atom. The summed E-state index contributed by atoms with van der Waals surface area (Å²) in [6.07, 6.45) is -1.67. The molecule has 8 nitrogen and oxygen atoms in total. The highest BCUT2D eigenvalue weighted by molar-refractivity contribution is 9.10. The van der Waals surface area contributed by atoms with Crippen LogP contribution in [0.15, 0.2) is 22.7 Å². The van der Waals surface area contributed by atoms with E-state index in [1.807, 2.05) is 0 Å². The summed E-state index contributed by atoms with van der Waals surface area (Å²) < 4.78 is 28.6. The van der Waals surface area contributed by atoms with Crippen LogP contribution in [0.4, 0.5) is 14.0 Å². The summed E-state index contributed by atoms with van der Waals surface area (Å²) in [7, 11) is 0. The Hall–Kier alpha value is -2.36. The zero-order valence-corrected chi connectivity index (χ0v) is 19.7. The Labute approximate surface area is 184 Å². The van der Waals surface area contributed by atoms with Crippen molar-refractivity contribution in [2.75, 3.05) is 13.3 Å². The van der Waals surface area contributed by atoms with Crippen molar-refractivity contribution >= 4 is 34.1 Å². The van der Waals surface area contributed by atoms with E-state index < -0.39 is 36.0 Å². The van der Waals surface area contributed by atoms with Crippen LogP contribution < -0.4 is 10.1 Å². The molecule has 0 unspecified atom stereocenters. The predicted molar refractivity (Wildman–Crippen MR) is 114 cm³/mol. The number of hydrogen-bond acceptors (Lipinski definition) is 6. The van der Waals surface area contributed by atoms with Crippen LogP contribution in [0.25, 0.3) is 0 Å². The van der Waals surface area contributed by atoms with Crippen molar-refractivity contribution in [3.8, 4) is 5.75 Å². The quantitative estimate of drug-likeness (QED) is 0.447. The largest absolute Gasteiger partial charge is 0.490 e. The molecule has 0 aliphatic heterocycles. The number of ether oxygens (including phenoxy) is 3. The lowest BCUT2D eigenvalue weighted by Crippen LogP contribution is -2.49. The van der Waals surface area contributed by atoms with Gasteiger partial charge in [0.25, 0.3) is 0 Å². The van der Waals surface area contributed by atoms with Crippen LogP contribution in [0.5, 0.6) is 5.75 Å². The van der Waals surface area contributed by atoms with Gasteiger partial charge >= 0.3 is 12.2 Å². The molecule has 30 heavy (non-hydrogen) atoms. The van der Waals surface area contributed by atoms with E-state index in [4.69, 9.17) is 19.6 Å². The van der Waals surface area contributed by atoms with Gasteiger partial charge in [-0.25, -0.2) is 18.9 Å². The van der Waals surface area contributed by atoms with Crippen LogP contribution in [0.2, 0.25) is 0 Å². The highest BCUT2D eigenvalue weighted by Crippen LogP contribution is 2.27. The van der Waals surface area contributed by atoms with E-state index in [9.17, 15) is 14.0 Å². The van der Waals surface area contributed by atoms with E-state index in [0.717, 1.165) is 4.90 Å². The lowest BCUT2D eigenvalue weighted by Gasteiger charge is -2.28. The number of alkyl carbamates (subject to hydrolysis) is 1. The maximum atomic E-state index is 12.7. The van der Waals surface area contributed by atoms with Crippen molar-refractivity contribution in [2.45, 2.75) is 59.3 Å². The SMILES string of the molecule is CC(C)(C)OC(=O)NC(=N)N(Cc1ccc(OCCF)c(Br)c1)C(=O)OC(C)(C)C. The fourth-order valence-corrected chi connectivity index (χ4v) is 2.65. The molecule has 1 aromatic carbocycles. The first kappa shape index (κ1) is 25.7. The number of nitrogens with zero attached hydrogens (tertiary/aromatic N) is 1. The number of amides is 2. The second-order valence-electron chi connectivity index (χ2n) is 8.34.